The molecule has 1 saturated heterocycles. The predicted molar refractivity (Wildman–Crippen MR) is 87.4 cm³/mol. The molecule has 1 fully saturated rings. The van der Waals surface area contributed by atoms with E-state index in [0.717, 1.165) is 18.7 Å². The summed E-state index contributed by atoms with van der Waals surface area (Å²) < 4.78 is 16.0. The minimum atomic E-state index is -0.441. The van der Waals surface area contributed by atoms with Gasteiger partial charge in [0.05, 0.1) is 5.69 Å². The van der Waals surface area contributed by atoms with Gasteiger partial charge in [0.15, 0.2) is 4.77 Å². The number of amides is 2. The maximum atomic E-state index is 13.7. The first-order chi connectivity index (χ1) is 11.1. The number of anilines is 1. The summed E-state index contributed by atoms with van der Waals surface area (Å²) in [6.07, 6.45) is 1.81. The maximum absolute atomic E-state index is 13.7. The van der Waals surface area contributed by atoms with Gasteiger partial charge in [-0.2, -0.15) is 5.10 Å². The molecular weight excluding hydrogens is 317 g/mol. The van der Waals surface area contributed by atoms with Gasteiger partial charge in [0, 0.05) is 26.1 Å². The van der Waals surface area contributed by atoms with Gasteiger partial charge in [-0.3, -0.25) is 5.10 Å². The summed E-state index contributed by atoms with van der Waals surface area (Å²) in [4.78, 5) is 14.1. The van der Waals surface area contributed by atoms with E-state index < -0.39 is 5.82 Å². The van der Waals surface area contributed by atoms with Crippen LogP contribution in [-0.4, -0.2) is 38.8 Å². The molecule has 6 nitrogen and oxygen atoms in total. The third kappa shape index (κ3) is 3.26. The topological polar surface area (TPSA) is 66.0 Å². The summed E-state index contributed by atoms with van der Waals surface area (Å²) in [5.41, 5.74) is 0.192. The number of hydrogen-bond donors (Lipinski definition) is 2. The van der Waals surface area contributed by atoms with E-state index in [4.69, 9.17) is 12.2 Å². The van der Waals surface area contributed by atoms with E-state index in [0.29, 0.717) is 17.9 Å². The number of para-hydroxylation sites is 1. The highest BCUT2D eigenvalue weighted by atomic mass is 32.1. The van der Waals surface area contributed by atoms with Gasteiger partial charge in [-0.05, 0) is 37.2 Å². The average Bonchev–Trinajstić information content (AvgIpc) is 2.89. The molecule has 122 valence electrons. The Morgan fingerprint density at radius 3 is 2.96 bits per heavy atom. The van der Waals surface area contributed by atoms with Crippen molar-refractivity contribution >= 4 is 23.9 Å². The number of hydrogen-bond acceptors (Lipinski definition) is 3. The largest absolute Gasteiger partial charge is 0.324 e. The van der Waals surface area contributed by atoms with Crippen molar-refractivity contribution in [2.75, 3.05) is 18.4 Å². The lowest BCUT2D eigenvalue weighted by Gasteiger charge is -2.32. The summed E-state index contributed by atoms with van der Waals surface area (Å²) in [6, 6.07) is 5.85. The molecule has 0 spiro atoms. The van der Waals surface area contributed by atoms with Crippen LogP contribution in [-0.2, 0) is 7.05 Å². The number of H-pyrrole nitrogens is 1. The molecule has 0 saturated carbocycles. The minimum absolute atomic E-state index is 0.119. The van der Waals surface area contributed by atoms with Crippen LogP contribution in [0.1, 0.15) is 24.6 Å². The lowest BCUT2D eigenvalue weighted by molar-refractivity contribution is 0.190. The number of halogens is 1. The van der Waals surface area contributed by atoms with E-state index in [9.17, 15) is 9.18 Å². The average molecular weight is 335 g/mol. The summed E-state index contributed by atoms with van der Waals surface area (Å²) in [7, 11) is 1.86. The normalized spacial score (nSPS) is 18.0. The van der Waals surface area contributed by atoms with Crippen LogP contribution in [0.2, 0.25) is 0 Å². The molecule has 1 aromatic carbocycles. The van der Waals surface area contributed by atoms with Gasteiger partial charge >= 0.3 is 6.03 Å². The molecular formula is C15H18FN5OS. The molecule has 2 N–H and O–H groups in total. The molecule has 2 aromatic rings. The van der Waals surface area contributed by atoms with Crippen LogP contribution in [0.3, 0.4) is 0 Å². The quantitative estimate of drug-likeness (QED) is 0.829. The van der Waals surface area contributed by atoms with Crippen molar-refractivity contribution in [2.45, 2.75) is 18.8 Å². The van der Waals surface area contributed by atoms with Crippen molar-refractivity contribution < 1.29 is 9.18 Å². The second-order valence-electron chi connectivity index (χ2n) is 5.64. The Morgan fingerprint density at radius 1 is 1.48 bits per heavy atom. The molecule has 1 aliphatic rings. The molecule has 3 rings (SSSR count). The Labute approximate surface area is 138 Å². The number of nitrogens with one attached hydrogen (secondary N) is 2. The first kappa shape index (κ1) is 15.7. The molecule has 0 unspecified atom stereocenters. The van der Waals surface area contributed by atoms with Crippen LogP contribution in [0, 0.1) is 10.6 Å². The van der Waals surface area contributed by atoms with Crippen molar-refractivity contribution in [3.63, 3.8) is 0 Å². The zero-order chi connectivity index (χ0) is 16.4. The van der Waals surface area contributed by atoms with Crippen LogP contribution in [0.4, 0.5) is 14.9 Å². The van der Waals surface area contributed by atoms with Crippen LogP contribution >= 0.6 is 12.2 Å². The summed E-state index contributed by atoms with van der Waals surface area (Å²) in [5.74, 6) is 0.523. The number of carbonyl (C=O) groups excluding carboxylic acids is 1. The Morgan fingerprint density at radius 2 is 2.26 bits per heavy atom. The van der Waals surface area contributed by atoms with E-state index in [1.54, 1.807) is 23.1 Å². The van der Waals surface area contributed by atoms with E-state index in [2.05, 4.69) is 15.5 Å². The minimum Gasteiger partial charge on any atom is -0.324 e. The maximum Gasteiger partial charge on any atom is 0.321 e. The van der Waals surface area contributed by atoms with E-state index in [1.807, 2.05) is 11.6 Å². The van der Waals surface area contributed by atoms with Gasteiger partial charge in [0.2, 0.25) is 0 Å². The Bertz CT molecular complexity index is 771. The Balaban J connectivity index is 1.71. The number of urea groups is 1. The predicted octanol–water partition coefficient (Wildman–Crippen LogP) is 3.03. The van der Waals surface area contributed by atoms with Crippen molar-refractivity contribution in [1.29, 1.82) is 0 Å². The Hall–Kier alpha value is -2.22. The van der Waals surface area contributed by atoms with Crippen molar-refractivity contribution in [3.8, 4) is 0 Å². The smallest absolute Gasteiger partial charge is 0.321 e. The number of carbonyl (C=O) groups is 1. The summed E-state index contributed by atoms with van der Waals surface area (Å²) >= 11 is 5.14. The van der Waals surface area contributed by atoms with Crippen molar-refractivity contribution in [3.05, 3.63) is 40.7 Å². The van der Waals surface area contributed by atoms with Crippen LogP contribution in [0.15, 0.2) is 24.3 Å². The molecule has 8 heteroatoms. The van der Waals surface area contributed by atoms with Crippen LogP contribution in [0.25, 0.3) is 0 Å². The van der Waals surface area contributed by atoms with Crippen LogP contribution < -0.4 is 5.32 Å². The van der Waals surface area contributed by atoms with E-state index in [-0.39, 0.29) is 17.6 Å². The van der Waals surface area contributed by atoms with Crippen molar-refractivity contribution in [2.24, 2.45) is 7.05 Å². The highest BCUT2D eigenvalue weighted by Crippen LogP contribution is 2.26. The molecule has 0 bridgehead atoms. The van der Waals surface area contributed by atoms with Gasteiger partial charge in [0.25, 0.3) is 0 Å². The third-order valence-electron chi connectivity index (χ3n) is 4.10. The number of benzene rings is 1. The SMILES string of the molecule is Cn1c([C@H]2CCCN(C(=O)Nc3ccccc3F)C2)n[nH]c1=S. The fourth-order valence-electron chi connectivity index (χ4n) is 2.85. The molecule has 2 amide bonds. The summed E-state index contributed by atoms with van der Waals surface area (Å²) in [5, 5.41) is 9.66. The van der Waals surface area contributed by atoms with Crippen molar-refractivity contribution in [1.82, 2.24) is 19.7 Å². The van der Waals surface area contributed by atoms with Gasteiger partial charge in [-0.1, -0.05) is 12.1 Å². The lowest BCUT2D eigenvalue weighted by Crippen LogP contribution is -2.42. The first-order valence-electron chi connectivity index (χ1n) is 7.48. The third-order valence-corrected chi connectivity index (χ3v) is 4.47. The van der Waals surface area contributed by atoms with Gasteiger partial charge in [-0.25, -0.2) is 9.18 Å². The Kier molecular flexibility index (Phi) is 4.42. The monoisotopic (exact) mass is 335 g/mol. The first-order valence-corrected chi connectivity index (χ1v) is 7.89. The molecule has 0 aliphatic carbocycles. The molecule has 0 radical (unpaired) electrons. The second kappa shape index (κ2) is 6.49. The second-order valence-corrected chi connectivity index (χ2v) is 6.03. The standard InChI is InChI=1S/C15H18FN5OS/c1-20-13(18-19-15(20)23)10-5-4-8-21(9-10)14(22)17-12-7-3-2-6-11(12)16/h2-3,6-7,10H,4-5,8-9H2,1H3,(H,17,22)(H,19,23)/t10-/m0/s1. The molecule has 1 aromatic heterocycles. The molecule has 1 aliphatic heterocycles. The number of nitrogens with zero attached hydrogens (tertiary/aromatic N) is 3. The number of piperidine rings is 1. The van der Waals surface area contributed by atoms with Gasteiger partial charge in [0.1, 0.15) is 11.6 Å². The fraction of sp³-hybridized carbons (Fsp3) is 0.400. The number of rotatable bonds is 2. The zero-order valence-electron chi connectivity index (χ0n) is 12.8. The number of likely N-dealkylation sites (tertiary alicyclic amines) is 1. The molecule has 2 heterocycles. The number of aromatic nitrogens is 3. The van der Waals surface area contributed by atoms with Crippen LogP contribution in [0.5, 0.6) is 0 Å². The lowest BCUT2D eigenvalue weighted by atomic mass is 9.97. The van der Waals surface area contributed by atoms with Gasteiger partial charge in [-0.15, -0.1) is 0 Å². The zero-order valence-corrected chi connectivity index (χ0v) is 13.6. The fourth-order valence-corrected chi connectivity index (χ4v) is 2.99. The van der Waals surface area contributed by atoms with E-state index >= 15 is 0 Å². The summed E-state index contributed by atoms with van der Waals surface area (Å²) in [6.45, 7) is 1.18. The highest BCUT2D eigenvalue weighted by Gasteiger charge is 2.27. The molecule has 23 heavy (non-hydrogen) atoms. The van der Waals surface area contributed by atoms with Gasteiger partial charge < -0.3 is 14.8 Å². The number of aromatic amines is 1. The molecule has 1 atom stereocenters. The van der Waals surface area contributed by atoms with E-state index in [1.165, 1.54) is 6.07 Å². The highest BCUT2D eigenvalue weighted by molar-refractivity contribution is 7.71.